The molecular formula is C24H52. The SMILES string of the molecule is C=C/C=C(\C=C)C(C)(C)CC(C)(C)C(C)C.CC.CC.CC.CC. The molecule has 0 nitrogen and oxygen atoms in total. The van der Waals surface area contributed by atoms with E-state index in [0.717, 1.165) is 6.42 Å². The standard InChI is InChI=1S/C16H28.4C2H6/c1-9-11-14(10-2)16(7,8)12-15(5,6)13(3)4;4*1-2/h9-11,13H,1-2,12H2,3-8H3;4*1-2H3/b14-11+;;;;. The Labute approximate surface area is 157 Å². The minimum Gasteiger partial charge on any atom is -0.0991 e. The average Bonchev–Trinajstić information content (AvgIpc) is 2.58. The van der Waals surface area contributed by atoms with Gasteiger partial charge in [-0.15, -0.1) is 0 Å². The first-order valence-corrected chi connectivity index (χ1v) is 10.1. The number of hydrogen-bond donors (Lipinski definition) is 0. The Bertz CT molecular complexity index is 274. The Hall–Kier alpha value is -0.780. The summed E-state index contributed by atoms with van der Waals surface area (Å²) in [6.45, 7) is 37.5. The van der Waals surface area contributed by atoms with Crippen LogP contribution in [0, 0.1) is 16.7 Å². The van der Waals surface area contributed by atoms with E-state index in [1.807, 2.05) is 67.5 Å². The van der Waals surface area contributed by atoms with Gasteiger partial charge >= 0.3 is 0 Å². The first-order chi connectivity index (χ1) is 11.2. The summed E-state index contributed by atoms with van der Waals surface area (Å²) in [4.78, 5) is 0. The predicted molar refractivity (Wildman–Crippen MR) is 121 cm³/mol. The molecule has 148 valence electrons. The highest BCUT2D eigenvalue weighted by Gasteiger charge is 2.32. The highest BCUT2D eigenvalue weighted by atomic mass is 14.4. The van der Waals surface area contributed by atoms with Crippen LogP contribution in [0.2, 0.25) is 0 Å². The molecule has 0 spiro atoms. The molecule has 0 atom stereocenters. The Balaban J connectivity index is -0.000000130. The van der Waals surface area contributed by atoms with Gasteiger partial charge in [0.25, 0.3) is 0 Å². The van der Waals surface area contributed by atoms with Crippen LogP contribution < -0.4 is 0 Å². The summed E-state index contributed by atoms with van der Waals surface area (Å²) in [5.74, 6) is 0.682. The van der Waals surface area contributed by atoms with Gasteiger partial charge in [-0.3, -0.25) is 0 Å². The summed E-state index contributed by atoms with van der Waals surface area (Å²) in [6.07, 6.45) is 7.03. The molecule has 0 rings (SSSR count). The zero-order chi connectivity index (χ0) is 21.0. The lowest BCUT2D eigenvalue weighted by Crippen LogP contribution is -2.28. The molecule has 0 saturated carbocycles. The van der Waals surface area contributed by atoms with Crippen molar-refractivity contribution >= 4 is 0 Å². The van der Waals surface area contributed by atoms with Crippen LogP contribution in [0.15, 0.2) is 37.0 Å². The van der Waals surface area contributed by atoms with Gasteiger partial charge in [-0.1, -0.05) is 128 Å². The van der Waals surface area contributed by atoms with Crippen LogP contribution in [0.3, 0.4) is 0 Å². The van der Waals surface area contributed by atoms with Crippen LogP contribution in [0.5, 0.6) is 0 Å². The molecule has 0 amide bonds. The zero-order valence-corrected chi connectivity index (χ0v) is 19.9. The summed E-state index contributed by atoms with van der Waals surface area (Å²) in [5, 5.41) is 0. The monoisotopic (exact) mass is 340 g/mol. The molecule has 0 aromatic heterocycles. The van der Waals surface area contributed by atoms with Crippen molar-refractivity contribution in [1.82, 2.24) is 0 Å². The van der Waals surface area contributed by atoms with Gasteiger partial charge in [0.05, 0.1) is 0 Å². The minimum absolute atomic E-state index is 0.156. The molecule has 0 saturated heterocycles. The fraction of sp³-hybridized carbons (Fsp3) is 0.750. The van der Waals surface area contributed by atoms with Gasteiger partial charge in [-0.05, 0) is 28.7 Å². The van der Waals surface area contributed by atoms with Crippen LogP contribution in [0.1, 0.15) is 103 Å². The smallest absolute Gasteiger partial charge is 0.00986 e. The minimum atomic E-state index is 0.156. The number of hydrogen-bond acceptors (Lipinski definition) is 0. The molecule has 0 heterocycles. The molecule has 0 unspecified atom stereocenters. The summed E-state index contributed by atoms with van der Waals surface area (Å²) in [6, 6.07) is 0. The van der Waals surface area contributed by atoms with Gasteiger partial charge in [0, 0.05) is 0 Å². The van der Waals surface area contributed by atoms with Gasteiger partial charge in [-0.2, -0.15) is 0 Å². The van der Waals surface area contributed by atoms with Crippen LogP contribution >= 0.6 is 0 Å². The lowest BCUT2D eigenvalue weighted by atomic mass is 9.66. The van der Waals surface area contributed by atoms with E-state index in [4.69, 9.17) is 0 Å². The van der Waals surface area contributed by atoms with E-state index in [1.165, 1.54) is 5.57 Å². The van der Waals surface area contributed by atoms with E-state index < -0.39 is 0 Å². The van der Waals surface area contributed by atoms with E-state index >= 15 is 0 Å². The quantitative estimate of drug-likeness (QED) is 0.422. The maximum Gasteiger partial charge on any atom is -0.00986 e. The maximum atomic E-state index is 3.90. The highest BCUT2D eigenvalue weighted by Crippen LogP contribution is 2.43. The molecule has 0 fully saturated rings. The van der Waals surface area contributed by atoms with Crippen molar-refractivity contribution in [2.45, 2.75) is 103 Å². The maximum absolute atomic E-state index is 3.90. The van der Waals surface area contributed by atoms with Crippen molar-refractivity contribution in [2.75, 3.05) is 0 Å². The second-order valence-corrected chi connectivity index (χ2v) is 6.27. The Morgan fingerprint density at radius 2 is 1.12 bits per heavy atom. The Morgan fingerprint density at radius 3 is 1.33 bits per heavy atom. The molecule has 0 N–H and O–H groups in total. The van der Waals surface area contributed by atoms with Gasteiger partial charge in [-0.25, -0.2) is 0 Å². The second kappa shape index (κ2) is 22.2. The van der Waals surface area contributed by atoms with E-state index in [9.17, 15) is 0 Å². The van der Waals surface area contributed by atoms with Gasteiger partial charge in [0.2, 0.25) is 0 Å². The molecule has 0 aliphatic rings. The number of rotatable bonds is 6. The lowest BCUT2D eigenvalue weighted by Gasteiger charge is -2.38. The van der Waals surface area contributed by atoms with Gasteiger partial charge < -0.3 is 0 Å². The summed E-state index contributed by atoms with van der Waals surface area (Å²) in [7, 11) is 0. The van der Waals surface area contributed by atoms with Crippen molar-refractivity contribution in [2.24, 2.45) is 16.7 Å². The van der Waals surface area contributed by atoms with Gasteiger partial charge in [0.1, 0.15) is 0 Å². The van der Waals surface area contributed by atoms with Crippen LogP contribution in [0.4, 0.5) is 0 Å². The van der Waals surface area contributed by atoms with Crippen molar-refractivity contribution < 1.29 is 0 Å². The second-order valence-electron chi connectivity index (χ2n) is 6.27. The van der Waals surface area contributed by atoms with Crippen molar-refractivity contribution in [3.63, 3.8) is 0 Å². The van der Waals surface area contributed by atoms with E-state index in [1.54, 1.807) is 0 Å². The topological polar surface area (TPSA) is 0 Å². The summed E-state index contributed by atoms with van der Waals surface area (Å²) in [5.41, 5.74) is 1.77. The van der Waals surface area contributed by atoms with Crippen molar-refractivity contribution in [3.8, 4) is 0 Å². The third-order valence-electron chi connectivity index (χ3n) is 3.76. The third kappa shape index (κ3) is 17.6. The molecule has 0 aliphatic heterocycles. The molecule has 24 heavy (non-hydrogen) atoms. The van der Waals surface area contributed by atoms with E-state index in [-0.39, 0.29) is 5.41 Å². The summed E-state index contributed by atoms with van der Waals surface area (Å²) < 4.78 is 0. The zero-order valence-electron chi connectivity index (χ0n) is 19.9. The van der Waals surface area contributed by atoms with Crippen LogP contribution in [0.25, 0.3) is 0 Å². The Kier molecular flexibility index (Phi) is 32.0. The third-order valence-corrected chi connectivity index (χ3v) is 3.76. The lowest BCUT2D eigenvalue weighted by molar-refractivity contribution is 0.163. The number of allylic oxidation sites excluding steroid dienone is 4. The van der Waals surface area contributed by atoms with Gasteiger partial charge in [0.15, 0.2) is 0 Å². The van der Waals surface area contributed by atoms with E-state index in [0.29, 0.717) is 11.3 Å². The average molecular weight is 341 g/mol. The molecule has 0 aromatic rings. The van der Waals surface area contributed by atoms with Crippen LogP contribution in [-0.2, 0) is 0 Å². The fourth-order valence-corrected chi connectivity index (χ4v) is 2.14. The molecule has 0 heteroatoms. The normalized spacial score (nSPS) is 10.4. The van der Waals surface area contributed by atoms with E-state index in [2.05, 4.69) is 60.8 Å². The molecule has 0 bridgehead atoms. The van der Waals surface area contributed by atoms with Crippen molar-refractivity contribution in [3.05, 3.63) is 37.0 Å². The molecular weight excluding hydrogens is 288 g/mol. The fourth-order valence-electron chi connectivity index (χ4n) is 2.14. The van der Waals surface area contributed by atoms with Crippen molar-refractivity contribution in [1.29, 1.82) is 0 Å². The molecule has 0 aromatic carbocycles. The first-order valence-electron chi connectivity index (χ1n) is 10.1. The first kappa shape index (κ1) is 34.5. The highest BCUT2D eigenvalue weighted by molar-refractivity contribution is 5.27. The summed E-state index contributed by atoms with van der Waals surface area (Å²) >= 11 is 0. The van der Waals surface area contributed by atoms with Crippen LogP contribution in [-0.4, -0.2) is 0 Å². The predicted octanol–water partition coefficient (Wildman–Crippen LogP) is 9.49. The molecule has 0 radical (unpaired) electrons. The largest absolute Gasteiger partial charge is 0.0991 e. The molecule has 0 aliphatic carbocycles. The Morgan fingerprint density at radius 1 is 0.792 bits per heavy atom.